The maximum Gasteiger partial charge on any atom is 0.307 e. The Morgan fingerprint density at radius 3 is 2.38 bits per heavy atom. The van der Waals surface area contributed by atoms with Gasteiger partial charge >= 0.3 is 5.97 Å². The Hall–Kier alpha value is -1.14. The predicted molar refractivity (Wildman–Crippen MR) is 56.9 cm³/mol. The molecule has 0 saturated carbocycles. The summed E-state index contributed by atoms with van der Waals surface area (Å²) in [5.41, 5.74) is 0. The molecule has 3 N–H and O–H groups in total. The number of amides is 1. The van der Waals surface area contributed by atoms with E-state index in [1.807, 2.05) is 0 Å². The van der Waals surface area contributed by atoms with Crippen LogP contribution in [0.1, 0.15) is 13.8 Å². The molecule has 6 heteroatoms. The fourth-order valence-electron chi connectivity index (χ4n) is 1.01. The van der Waals surface area contributed by atoms with E-state index in [4.69, 9.17) is 14.9 Å². The summed E-state index contributed by atoms with van der Waals surface area (Å²) >= 11 is 0. The van der Waals surface area contributed by atoms with E-state index in [1.54, 1.807) is 6.92 Å². The van der Waals surface area contributed by atoms with Gasteiger partial charge in [-0.3, -0.25) is 9.59 Å². The SMILES string of the molecule is CC(C(=O)O)C(C)C(=O)NCCOCCO. The van der Waals surface area contributed by atoms with Gasteiger partial charge in [0, 0.05) is 12.5 Å². The Morgan fingerprint density at radius 2 is 1.88 bits per heavy atom. The third kappa shape index (κ3) is 5.67. The smallest absolute Gasteiger partial charge is 0.307 e. The topological polar surface area (TPSA) is 95.9 Å². The molecular weight excluding hydrogens is 214 g/mol. The first-order valence-corrected chi connectivity index (χ1v) is 5.19. The van der Waals surface area contributed by atoms with Crippen molar-refractivity contribution in [2.75, 3.05) is 26.4 Å². The lowest BCUT2D eigenvalue weighted by Crippen LogP contribution is -2.36. The molecule has 2 atom stereocenters. The van der Waals surface area contributed by atoms with Crippen LogP contribution in [0.3, 0.4) is 0 Å². The maximum absolute atomic E-state index is 11.4. The minimum atomic E-state index is -0.987. The molecule has 0 rings (SSSR count). The number of aliphatic carboxylic acids is 1. The van der Waals surface area contributed by atoms with Crippen LogP contribution in [0.2, 0.25) is 0 Å². The van der Waals surface area contributed by atoms with Gasteiger partial charge in [-0.05, 0) is 0 Å². The summed E-state index contributed by atoms with van der Waals surface area (Å²) in [6.07, 6.45) is 0. The van der Waals surface area contributed by atoms with Gasteiger partial charge in [0.1, 0.15) is 0 Å². The van der Waals surface area contributed by atoms with Crippen LogP contribution in [0.5, 0.6) is 0 Å². The molecule has 6 nitrogen and oxygen atoms in total. The molecule has 0 saturated heterocycles. The Bertz CT molecular complexity index is 231. The minimum Gasteiger partial charge on any atom is -0.481 e. The number of hydrogen-bond donors (Lipinski definition) is 3. The van der Waals surface area contributed by atoms with Crippen LogP contribution in [-0.2, 0) is 14.3 Å². The summed E-state index contributed by atoms with van der Waals surface area (Å²) < 4.78 is 4.94. The normalized spacial score (nSPS) is 14.2. The molecule has 0 radical (unpaired) electrons. The molecule has 1 amide bonds. The Balaban J connectivity index is 3.75. The van der Waals surface area contributed by atoms with Crippen LogP contribution in [0.25, 0.3) is 0 Å². The third-order valence-corrected chi connectivity index (χ3v) is 2.33. The fourth-order valence-corrected chi connectivity index (χ4v) is 1.01. The van der Waals surface area contributed by atoms with E-state index in [0.29, 0.717) is 13.2 Å². The molecule has 0 aromatic carbocycles. The summed E-state index contributed by atoms with van der Waals surface area (Å²) in [5, 5.41) is 19.7. The summed E-state index contributed by atoms with van der Waals surface area (Å²) in [5.74, 6) is -2.57. The summed E-state index contributed by atoms with van der Waals surface area (Å²) in [4.78, 5) is 22.1. The number of carboxylic acid groups (broad SMARTS) is 1. The molecule has 2 unspecified atom stereocenters. The summed E-state index contributed by atoms with van der Waals surface area (Å²) in [6, 6.07) is 0. The Labute approximate surface area is 94.6 Å². The van der Waals surface area contributed by atoms with Gasteiger partial charge in [-0.15, -0.1) is 0 Å². The third-order valence-electron chi connectivity index (χ3n) is 2.33. The van der Waals surface area contributed by atoms with Crippen LogP contribution in [0.15, 0.2) is 0 Å². The molecule has 0 bridgehead atoms. The standard InChI is InChI=1S/C10H19NO5/c1-7(8(2)10(14)15)9(13)11-3-5-16-6-4-12/h7-8,12H,3-6H2,1-2H3,(H,11,13)(H,14,15). The molecule has 0 spiro atoms. The summed E-state index contributed by atoms with van der Waals surface area (Å²) in [7, 11) is 0. The Morgan fingerprint density at radius 1 is 1.25 bits per heavy atom. The number of nitrogens with one attached hydrogen (secondary N) is 1. The van der Waals surface area contributed by atoms with Crippen LogP contribution in [0, 0.1) is 11.8 Å². The Kier molecular flexibility index (Phi) is 7.49. The molecule has 16 heavy (non-hydrogen) atoms. The lowest BCUT2D eigenvalue weighted by Gasteiger charge is -2.15. The first kappa shape index (κ1) is 14.9. The van der Waals surface area contributed by atoms with Crippen molar-refractivity contribution >= 4 is 11.9 Å². The van der Waals surface area contributed by atoms with Gasteiger partial charge in [-0.1, -0.05) is 13.8 Å². The first-order valence-electron chi connectivity index (χ1n) is 5.19. The molecular formula is C10H19NO5. The van der Waals surface area contributed by atoms with Gasteiger partial charge in [0.15, 0.2) is 0 Å². The highest BCUT2D eigenvalue weighted by molar-refractivity contribution is 5.84. The molecule has 0 fully saturated rings. The summed E-state index contributed by atoms with van der Waals surface area (Å²) in [6.45, 7) is 3.87. The number of aliphatic hydroxyl groups excluding tert-OH is 1. The zero-order chi connectivity index (χ0) is 12.6. The van der Waals surface area contributed by atoms with Crippen molar-refractivity contribution in [3.63, 3.8) is 0 Å². The van der Waals surface area contributed by atoms with Crippen molar-refractivity contribution in [3.05, 3.63) is 0 Å². The van der Waals surface area contributed by atoms with Crippen molar-refractivity contribution in [1.29, 1.82) is 0 Å². The molecule has 0 aromatic heterocycles. The molecule has 0 aliphatic carbocycles. The number of carbonyl (C=O) groups is 2. The number of carboxylic acids is 1. The van der Waals surface area contributed by atoms with Crippen LogP contribution in [-0.4, -0.2) is 48.5 Å². The molecule has 0 aromatic rings. The van der Waals surface area contributed by atoms with Crippen LogP contribution >= 0.6 is 0 Å². The van der Waals surface area contributed by atoms with Crippen LogP contribution in [0.4, 0.5) is 0 Å². The number of hydrogen-bond acceptors (Lipinski definition) is 4. The number of ether oxygens (including phenoxy) is 1. The van der Waals surface area contributed by atoms with E-state index in [-0.39, 0.29) is 19.1 Å². The van der Waals surface area contributed by atoms with E-state index >= 15 is 0 Å². The quantitative estimate of drug-likeness (QED) is 0.490. The second kappa shape index (κ2) is 8.06. The lowest BCUT2D eigenvalue weighted by molar-refractivity contribution is -0.146. The molecule has 0 aliphatic rings. The van der Waals surface area contributed by atoms with Gasteiger partial charge in [-0.2, -0.15) is 0 Å². The van der Waals surface area contributed by atoms with Crippen molar-refractivity contribution in [2.24, 2.45) is 11.8 Å². The lowest BCUT2D eigenvalue weighted by atomic mass is 9.95. The van der Waals surface area contributed by atoms with E-state index in [2.05, 4.69) is 5.32 Å². The van der Waals surface area contributed by atoms with Gasteiger partial charge in [-0.25, -0.2) is 0 Å². The van der Waals surface area contributed by atoms with Crippen molar-refractivity contribution in [1.82, 2.24) is 5.32 Å². The van der Waals surface area contributed by atoms with Crippen molar-refractivity contribution in [3.8, 4) is 0 Å². The highest BCUT2D eigenvalue weighted by Gasteiger charge is 2.25. The molecule has 94 valence electrons. The molecule has 0 heterocycles. The van der Waals surface area contributed by atoms with Crippen molar-refractivity contribution < 1.29 is 24.5 Å². The highest BCUT2D eigenvalue weighted by Crippen LogP contribution is 2.10. The monoisotopic (exact) mass is 233 g/mol. The minimum absolute atomic E-state index is 0.0552. The van der Waals surface area contributed by atoms with E-state index < -0.39 is 17.8 Å². The van der Waals surface area contributed by atoms with Gasteiger partial charge in [0.2, 0.25) is 5.91 Å². The maximum atomic E-state index is 11.4. The average molecular weight is 233 g/mol. The second-order valence-corrected chi connectivity index (χ2v) is 3.54. The van der Waals surface area contributed by atoms with E-state index in [9.17, 15) is 9.59 Å². The highest BCUT2D eigenvalue weighted by atomic mass is 16.5. The fraction of sp³-hybridized carbons (Fsp3) is 0.800. The first-order chi connectivity index (χ1) is 7.50. The van der Waals surface area contributed by atoms with Crippen molar-refractivity contribution in [2.45, 2.75) is 13.8 Å². The average Bonchev–Trinajstić information content (AvgIpc) is 2.26. The van der Waals surface area contributed by atoms with Gasteiger partial charge < -0.3 is 20.3 Å². The van der Waals surface area contributed by atoms with Gasteiger partial charge in [0.25, 0.3) is 0 Å². The largest absolute Gasteiger partial charge is 0.481 e. The van der Waals surface area contributed by atoms with Crippen LogP contribution < -0.4 is 5.32 Å². The van der Waals surface area contributed by atoms with E-state index in [0.717, 1.165) is 0 Å². The zero-order valence-electron chi connectivity index (χ0n) is 9.60. The second-order valence-electron chi connectivity index (χ2n) is 3.54. The van der Waals surface area contributed by atoms with Gasteiger partial charge in [0.05, 0.1) is 25.7 Å². The number of rotatable bonds is 8. The predicted octanol–water partition coefficient (Wildman–Crippen LogP) is -0.532. The zero-order valence-corrected chi connectivity index (χ0v) is 9.60. The molecule has 0 aliphatic heterocycles. The number of carbonyl (C=O) groups excluding carboxylic acids is 1. The van der Waals surface area contributed by atoms with E-state index in [1.165, 1.54) is 6.92 Å². The number of aliphatic hydroxyl groups is 1.